The van der Waals surface area contributed by atoms with E-state index in [9.17, 15) is 14.4 Å². The van der Waals surface area contributed by atoms with Gasteiger partial charge in [-0.05, 0) is 19.8 Å². The zero-order chi connectivity index (χ0) is 21.6. The van der Waals surface area contributed by atoms with Crippen LogP contribution < -0.4 is 10.6 Å². The molecule has 0 aromatic heterocycles. The molecule has 9 heteroatoms. The summed E-state index contributed by atoms with van der Waals surface area (Å²) in [6, 6.07) is 0. The molecule has 29 heavy (non-hydrogen) atoms. The Balaban J connectivity index is 3.30. The zero-order valence-electron chi connectivity index (χ0n) is 18.0. The van der Waals surface area contributed by atoms with E-state index in [4.69, 9.17) is 18.9 Å². The van der Waals surface area contributed by atoms with Crippen LogP contribution in [0.25, 0.3) is 0 Å². The summed E-state index contributed by atoms with van der Waals surface area (Å²) in [5, 5.41) is 5.49. The highest BCUT2D eigenvalue weighted by molar-refractivity contribution is 5.79. The van der Waals surface area contributed by atoms with Gasteiger partial charge >= 0.3 is 0 Å². The van der Waals surface area contributed by atoms with Crippen molar-refractivity contribution < 1.29 is 33.3 Å². The van der Waals surface area contributed by atoms with Crippen LogP contribution in [0.5, 0.6) is 0 Å². The molecule has 0 aliphatic rings. The van der Waals surface area contributed by atoms with Crippen molar-refractivity contribution in [1.29, 1.82) is 0 Å². The minimum Gasteiger partial charge on any atom is -0.379 e. The molecule has 0 saturated heterocycles. The lowest BCUT2D eigenvalue weighted by Gasteiger charge is -2.08. The highest BCUT2D eigenvalue weighted by Gasteiger charge is 2.03. The highest BCUT2D eigenvalue weighted by Crippen LogP contribution is 2.00. The van der Waals surface area contributed by atoms with Gasteiger partial charge in [-0.2, -0.15) is 0 Å². The first-order valence-corrected chi connectivity index (χ1v) is 10.5. The lowest BCUT2D eigenvalue weighted by atomic mass is 10.1. The Hall–Kier alpha value is -1.55. The average Bonchev–Trinajstić information content (AvgIpc) is 2.72. The van der Waals surface area contributed by atoms with Crippen LogP contribution in [-0.4, -0.2) is 83.5 Å². The number of amides is 2. The maximum atomic E-state index is 11.7. The molecule has 170 valence electrons. The largest absolute Gasteiger partial charge is 0.379 e. The Labute approximate surface area is 174 Å². The molecular formula is C20H38N2O7. The van der Waals surface area contributed by atoms with Gasteiger partial charge in [0, 0.05) is 32.5 Å². The van der Waals surface area contributed by atoms with Crippen molar-refractivity contribution in [3.63, 3.8) is 0 Å². The molecular weight excluding hydrogens is 380 g/mol. The molecule has 0 radical (unpaired) electrons. The molecule has 2 N–H and O–H groups in total. The second-order valence-corrected chi connectivity index (χ2v) is 6.32. The summed E-state index contributed by atoms with van der Waals surface area (Å²) >= 11 is 0. The van der Waals surface area contributed by atoms with E-state index in [1.807, 2.05) is 13.8 Å². The van der Waals surface area contributed by atoms with Crippen LogP contribution in [-0.2, 0) is 33.3 Å². The molecule has 9 nitrogen and oxygen atoms in total. The van der Waals surface area contributed by atoms with Crippen LogP contribution in [0, 0.1) is 0 Å². The second-order valence-electron chi connectivity index (χ2n) is 6.32. The summed E-state index contributed by atoms with van der Waals surface area (Å²) in [6.45, 7) is 7.45. The first-order valence-electron chi connectivity index (χ1n) is 10.5. The lowest BCUT2D eigenvalue weighted by molar-refractivity contribution is -0.127. The number of ketones is 1. The van der Waals surface area contributed by atoms with E-state index < -0.39 is 0 Å². The molecule has 0 heterocycles. The van der Waals surface area contributed by atoms with Gasteiger partial charge in [0.25, 0.3) is 0 Å². The van der Waals surface area contributed by atoms with Crippen molar-refractivity contribution >= 4 is 17.6 Å². The number of Topliss-reactive ketones (excluding diaryl/α,β-unsaturated/α-hetero) is 1. The Morgan fingerprint density at radius 2 is 1.31 bits per heavy atom. The Bertz CT molecular complexity index is 433. The molecule has 0 aliphatic carbocycles. The molecule has 2 amide bonds. The standard InChI is InChI=1S/C20H38N2O7/c1-3-19(24)21-9-7-5-6-8-18(23)16-28-15-13-27-11-10-22-20(25)17-29-14-12-26-4-2/h3-17H2,1-2H3,(H,21,24)(H,22,25). The number of hydrogen-bond acceptors (Lipinski definition) is 7. The summed E-state index contributed by atoms with van der Waals surface area (Å²) in [7, 11) is 0. The fourth-order valence-electron chi connectivity index (χ4n) is 2.20. The fourth-order valence-corrected chi connectivity index (χ4v) is 2.20. The van der Waals surface area contributed by atoms with E-state index in [1.165, 1.54) is 0 Å². The minimum atomic E-state index is -0.195. The number of carbonyl (C=O) groups is 3. The van der Waals surface area contributed by atoms with Gasteiger partial charge in [-0.1, -0.05) is 13.3 Å². The predicted octanol–water partition coefficient (Wildman–Crippen LogP) is 0.845. The van der Waals surface area contributed by atoms with Gasteiger partial charge in [-0.3, -0.25) is 14.4 Å². The Morgan fingerprint density at radius 1 is 0.655 bits per heavy atom. The van der Waals surface area contributed by atoms with Crippen molar-refractivity contribution in [2.45, 2.75) is 46.0 Å². The number of hydrogen-bond donors (Lipinski definition) is 2. The number of rotatable bonds is 21. The van der Waals surface area contributed by atoms with Gasteiger partial charge in [0.15, 0.2) is 5.78 Å². The van der Waals surface area contributed by atoms with Crippen molar-refractivity contribution in [2.75, 3.05) is 65.9 Å². The molecule has 0 spiro atoms. The first kappa shape index (κ1) is 27.5. The Morgan fingerprint density at radius 3 is 2.03 bits per heavy atom. The van der Waals surface area contributed by atoms with Crippen molar-refractivity contribution in [3.8, 4) is 0 Å². The smallest absolute Gasteiger partial charge is 0.246 e. The van der Waals surface area contributed by atoms with Crippen LogP contribution in [0.15, 0.2) is 0 Å². The number of ether oxygens (including phenoxy) is 4. The third kappa shape index (κ3) is 21.0. The molecule has 0 aromatic carbocycles. The summed E-state index contributed by atoms with van der Waals surface area (Å²) < 4.78 is 20.9. The second kappa shape index (κ2) is 21.2. The molecule has 0 fully saturated rings. The summed E-state index contributed by atoms with van der Waals surface area (Å²) in [5.74, 6) is -0.0692. The molecule has 0 rings (SSSR count). The highest BCUT2D eigenvalue weighted by atomic mass is 16.5. The molecule has 0 bridgehead atoms. The van der Waals surface area contributed by atoms with E-state index in [0.717, 1.165) is 19.3 Å². The van der Waals surface area contributed by atoms with Crippen molar-refractivity contribution in [2.24, 2.45) is 0 Å². The van der Waals surface area contributed by atoms with Crippen molar-refractivity contribution in [3.05, 3.63) is 0 Å². The minimum absolute atomic E-state index is 0.00563. The maximum absolute atomic E-state index is 11.7. The maximum Gasteiger partial charge on any atom is 0.246 e. The van der Waals surface area contributed by atoms with Gasteiger partial charge < -0.3 is 29.6 Å². The third-order valence-electron chi connectivity index (χ3n) is 3.79. The topological polar surface area (TPSA) is 112 Å². The van der Waals surface area contributed by atoms with E-state index in [-0.39, 0.29) is 30.8 Å². The molecule has 0 saturated carbocycles. The van der Waals surface area contributed by atoms with Crippen molar-refractivity contribution in [1.82, 2.24) is 10.6 Å². The van der Waals surface area contributed by atoms with E-state index in [2.05, 4.69) is 10.6 Å². The molecule has 0 aliphatic heterocycles. The fraction of sp³-hybridized carbons (Fsp3) is 0.850. The van der Waals surface area contributed by atoms with Gasteiger partial charge in [-0.25, -0.2) is 0 Å². The first-order chi connectivity index (χ1) is 14.1. The van der Waals surface area contributed by atoms with E-state index in [1.54, 1.807) is 0 Å². The monoisotopic (exact) mass is 418 g/mol. The number of carbonyl (C=O) groups excluding carboxylic acids is 3. The van der Waals surface area contributed by atoms with E-state index in [0.29, 0.717) is 65.6 Å². The SMILES string of the molecule is CCOCCOCC(=O)NCCOCCOCC(=O)CCCCCNC(=O)CC. The van der Waals surface area contributed by atoms with Crippen LogP contribution in [0.4, 0.5) is 0 Å². The predicted molar refractivity (Wildman–Crippen MR) is 109 cm³/mol. The number of nitrogens with one attached hydrogen (secondary N) is 2. The third-order valence-corrected chi connectivity index (χ3v) is 3.79. The van der Waals surface area contributed by atoms with Crippen LogP contribution in [0.2, 0.25) is 0 Å². The van der Waals surface area contributed by atoms with Gasteiger partial charge in [0.1, 0.15) is 13.2 Å². The molecule has 0 unspecified atom stereocenters. The van der Waals surface area contributed by atoms with Crippen LogP contribution >= 0.6 is 0 Å². The van der Waals surface area contributed by atoms with E-state index >= 15 is 0 Å². The normalized spacial score (nSPS) is 10.7. The zero-order valence-corrected chi connectivity index (χ0v) is 18.0. The Kier molecular flexibility index (Phi) is 20.0. The quantitative estimate of drug-likeness (QED) is 0.266. The summed E-state index contributed by atoms with van der Waals surface area (Å²) in [5.41, 5.74) is 0. The van der Waals surface area contributed by atoms with Gasteiger partial charge in [0.05, 0.1) is 33.0 Å². The summed E-state index contributed by atoms with van der Waals surface area (Å²) in [4.78, 5) is 34.2. The van der Waals surface area contributed by atoms with Crippen LogP contribution in [0.1, 0.15) is 46.0 Å². The van der Waals surface area contributed by atoms with Gasteiger partial charge in [-0.15, -0.1) is 0 Å². The molecule has 0 aromatic rings. The van der Waals surface area contributed by atoms with Crippen LogP contribution in [0.3, 0.4) is 0 Å². The summed E-state index contributed by atoms with van der Waals surface area (Å²) in [6.07, 6.45) is 3.57. The molecule has 0 atom stereocenters. The number of unbranched alkanes of at least 4 members (excludes halogenated alkanes) is 2. The lowest BCUT2D eigenvalue weighted by Crippen LogP contribution is -2.31. The van der Waals surface area contributed by atoms with Gasteiger partial charge in [0.2, 0.25) is 11.8 Å². The average molecular weight is 419 g/mol.